The number of aromatic hydroxyl groups is 1. The Labute approximate surface area is 147 Å². The van der Waals surface area contributed by atoms with Gasteiger partial charge in [-0.1, -0.05) is 30.3 Å². The molecule has 128 valence electrons. The summed E-state index contributed by atoms with van der Waals surface area (Å²) in [4.78, 5) is 17.0. The van der Waals surface area contributed by atoms with Gasteiger partial charge in [-0.2, -0.15) is 9.61 Å². The molecule has 2 heterocycles. The van der Waals surface area contributed by atoms with Crippen LogP contribution in [0.2, 0.25) is 0 Å². The quantitative estimate of drug-likeness (QED) is 0.555. The topological polar surface area (TPSA) is 93.5 Å². The van der Waals surface area contributed by atoms with Gasteiger partial charge in [0.2, 0.25) is 5.95 Å². The zero-order valence-electron chi connectivity index (χ0n) is 13.4. The number of halogens is 1. The van der Waals surface area contributed by atoms with Gasteiger partial charge < -0.3 is 10.8 Å². The number of hydrogen-bond acceptors (Lipinski definition) is 5. The van der Waals surface area contributed by atoms with Gasteiger partial charge in [-0.05, 0) is 24.3 Å². The molecule has 0 amide bonds. The maximum Gasteiger partial charge on any atom is 0.222 e. The monoisotopic (exact) mass is 348 g/mol. The molecule has 0 spiro atoms. The molecule has 0 unspecified atom stereocenters. The van der Waals surface area contributed by atoms with Crippen LogP contribution in [-0.2, 0) is 0 Å². The summed E-state index contributed by atoms with van der Waals surface area (Å²) in [5.41, 5.74) is 7.90. The summed E-state index contributed by atoms with van der Waals surface area (Å²) in [5, 5.41) is 14.0. The van der Waals surface area contributed by atoms with E-state index in [0.717, 1.165) is 23.8 Å². The molecule has 0 saturated carbocycles. The van der Waals surface area contributed by atoms with Crippen LogP contribution in [0.15, 0.2) is 60.8 Å². The fraction of sp³-hybridized carbons (Fsp3) is 0. The molecular weight excluding hydrogens is 335 g/mol. The Morgan fingerprint density at radius 1 is 1.12 bits per heavy atom. The minimum atomic E-state index is -0.612. The third kappa shape index (κ3) is 2.55. The summed E-state index contributed by atoms with van der Waals surface area (Å²) in [6.07, 6.45) is 1.31. The summed E-state index contributed by atoms with van der Waals surface area (Å²) < 4.78 is 14.9. The predicted molar refractivity (Wildman–Crippen MR) is 94.3 cm³/mol. The molecule has 0 aliphatic rings. The number of aromatic nitrogens is 3. The van der Waals surface area contributed by atoms with E-state index < -0.39 is 11.6 Å². The fourth-order valence-electron chi connectivity index (χ4n) is 2.78. The molecule has 7 heteroatoms. The van der Waals surface area contributed by atoms with Crippen LogP contribution in [0.1, 0.15) is 15.9 Å². The standard InChI is InChI=1S/C19H13FN4O2/c20-13-6-7-16(25)14(9-13)18(26)12-8-15-17(11-4-2-1-3-5-11)23-19(21)24(15)22-10-12/h1-10,25H,(H2,21,23). The number of nitrogens with two attached hydrogens (primary N) is 1. The highest BCUT2D eigenvalue weighted by atomic mass is 19.1. The Morgan fingerprint density at radius 2 is 1.88 bits per heavy atom. The highest BCUT2D eigenvalue weighted by molar-refractivity contribution is 6.11. The molecule has 2 aromatic heterocycles. The Kier molecular flexibility index (Phi) is 3.62. The van der Waals surface area contributed by atoms with E-state index in [-0.39, 0.29) is 22.8 Å². The highest BCUT2D eigenvalue weighted by Crippen LogP contribution is 2.27. The number of nitrogens with zero attached hydrogens (tertiary/aromatic N) is 3. The lowest BCUT2D eigenvalue weighted by atomic mass is 10.0. The molecule has 0 saturated heterocycles. The van der Waals surface area contributed by atoms with Gasteiger partial charge >= 0.3 is 0 Å². The fourth-order valence-corrected chi connectivity index (χ4v) is 2.78. The number of hydrogen-bond donors (Lipinski definition) is 2. The molecule has 0 aliphatic heterocycles. The number of nitrogen functional groups attached to an aromatic ring is 1. The van der Waals surface area contributed by atoms with Gasteiger partial charge in [0.15, 0.2) is 5.78 Å². The first-order valence-electron chi connectivity index (χ1n) is 7.77. The number of rotatable bonds is 3. The molecule has 6 nitrogen and oxygen atoms in total. The van der Waals surface area contributed by atoms with Crippen molar-refractivity contribution < 1.29 is 14.3 Å². The first-order chi connectivity index (χ1) is 12.5. The number of carbonyl (C=O) groups excluding carboxylic acids is 1. The predicted octanol–water partition coefficient (Wildman–Crippen LogP) is 3.05. The number of imidazole rings is 1. The third-order valence-corrected chi connectivity index (χ3v) is 4.03. The van der Waals surface area contributed by atoms with E-state index >= 15 is 0 Å². The second kappa shape index (κ2) is 5.96. The summed E-state index contributed by atoms with van der Waals surface area (Å²) in [7, 11) is 0. The summed E-state index contributed by atoms with van der Waals surface area (Å²) in [5.74, 6) is -1.27. The molecule has 26 heavy (non-hydrogen) atoms. The molecule has 0 radical (unpaired) electrons. The number of ketones is 1. The Bertz CT molecular complexity index is 1140. The molecule has 4 rings (SSSR count). The Hall–Kier alpha value is -3.74. The summed E-state index contributed by atoms with van der Waals surface area (Å²) >= 11 is 0. The zero-order chi connectivity index (χ0) is 18.3. The molecule has 0 atom stereocenters. The normalized spacial score (nSPS) is 11.0. The SMILES string of the molecule is Nc1nc(-c2ccccc2)c2cc(C(=O)c3cc(F)ccc3O)cnn12. The van der Waals surface area contributed by atoms with Gasteiger partial charge in [0.25, 0.3) is 0 Å². The van der Waals surface area contributed by atoms with Crippen molar-refractivity contribution in [3.63, 3.8) is 0 Å². The Balaban J connectivity index is 1.88. The van der Waals surface area contributed by atoms with Crippen LogP contribution in [0.25, 0.3) is 16.8 Å². The lowest BCUT2D eigenvalue weighted by Crippen LogP contribution is -2.06. The number of phenols is 1. The number of anilines is 1. The first kappa shape index (κ1) is 15.8. The zero-order valence-corrected chi connectivity index (χ0v) is 13.4. The lowest BCUT2D eigenvalue weighted by Gasteiger charge is -2.05. The largest absolute Gasteiger partial charge is 0.507 e. The highest BCUT2D eigenvalue weighted by Gasteiger charge is 2.18. The number of benzene rings is 2. The van der Waals surface area contributed by atoms with Crippen molar-refractivity contribution >= 4 is 17.2 Å². The molecule has 3 N–H and O–H groups in total. The van der Waals surface area contributed by atoms with Crippen LogP contribution >= 0.6 is 0 Å². The Morgan fingerprint density at radius 3 is 2.65 bits per heavy atom. The maximum atomic E-state index is 13.5. The maximum absolute atomic E-state index is 13.5. The number of carbonyl (C=O) groups is 1. The lowest BCUT2D eigenvalue weighted by molar-refractivity contribution is 0.103. The third-order valence-electron chi connectivity index (χ3n) is 4.03. The van der Waals surface area contributed by atoms with Crippen molar-refractivity contribution in [2.75, 3.05) is 5.73 Å². The molecule has 2 aromatic carbocycles. The van der Waals surface area contributed by atoms with E-state index in [1.165, 1.54) is 10.7 Å². The van der Waals surface area contributed by atoms with E-state index in [0.29, 0.717) is 11.2 Å². The van der Waals surface area contributed by atoms with E-state index in [1.807, 2.05) is 30.3 Å². The van der Waals surface area contributed by atoms with Crippen molar-refractivity contribution in [3.05, 3.63) is 77.7 Å². The van der Waals surface area contributed by atoms with Gasteiger partial charge in [0.1, 0.15) is 17.3 Å². The van der Waals surface area contributed by atoms with E-state index in [9.17, 15) is 14.3 Å². The van der Waals surface area contributed by atoms with Gasteiger partial charge in [0.05, 0.1) is 17.3 Å². The molecule has 0 aliphatic carbocycles. The van der Waals surface area contributed by atoms with Crippen molar-refractivity contribution in [2.45, 2.75) is 0 Å². The van der Waals surface area contributed by atoms with Crippen molar-refractivity contribution in [1.29, 1.82) is 0 Å². The number of phenolic OH excluding ortho intramolecular Hbond substituents is 1. The molecular formula is C19H13FN4O2. The van der Waals surface area contributed by atoms with Crippen LogP contribution in [0.5, 0.6) is 5.75 Å². The summed E-state index contributed by atoms with van der Waals surface area (Å²) in [6.45, 7) is 0. The van der Waals surface area contributed by atoms with E-state index in [1.54, 1.807) is 6.07 Å². The van der Waals surface area contributed by atoms with Crippen molar-refractivity contribution in [1.82, 2.24) is 14.6 Å². The van der Waals surface area contributed by atoms with Gasteiger partial charge in [-0.25, -0.2) is 9.37 Å². The van der Waals surface area contributed by atoms with Gasteiger partial charge in [-0.15, -0.1) is 0 Å². The van der Waals surface area contributed by atoms with Crippen LogP contribution < -0.4 is 5.73 Å². The molecule has 0 bridgehead atoms. The van der Waals surface area contributed by atoms with Gasteiger partial charge in [-0.3, -0.25) is 4.79 Å². The average Bonchev–Trinajstić information content (AvgIpc) is 3.00. The number of fused-ring (bicyclic) bond motifs is 1. The van der Waals surface area contributed by atoms with Crippen molar-refractivity contribution in [3.8, 4) is 17.0 Å². The minimum absolute atomic E-state index is 0.134. The second-order valence-electron chi connectivity index (χ2n) is 5.72. The minimum Gasteiger partial charge on any atom is -0.507 e. The molecule has 0 fully saturated rings. The summed E-state index contributed by atoms with van der Waals surface area (Å²) in [6, 6.07) is 14.1. The van der Waals surface area contributed by atoms with E-state index in [2.05, 4.69) is 10.1 Å². The van der Waals surface area contributed by atoms with E-state index in [4.69, 9.17) is 5.73 Å². The van der Waals surface area contributed by atoms with Crippen LogP contribution in [0, 0.1) is 5.82 Å². The average molecular weight is 348 g/mol. The molecule has 4 aromatic rings. The van der Waals surface area contributed by atoms with Crippen LogP contribution in [-0.4, -0.2) is 25.5 Å². The second-order valence-corrected chi connectivity index (χ2v) is 5.72. The van der Waals surface area contributed by atoms with Crippen molar-refractivity contribution in [2.24, 2.45) is 0 Å². The van der Waals surface area contributed by atoms with Crippen LogP contribution in [0.3, 0.4) is 0 Å². The smallest absolute Gasteiger partial charge is 0.222 e. The van der Waals surface area contributed by atoms with Crippen LogP contribution in [0.4, 0.5) is 10.3 Å². The first-order valence-corrected chi connectivity index (χ1v) is 7.77. The van der Waals surface area contributed by atoms with Gasteiger partial charge in [0, 0.05) is 11.1 Å².